The standard InChI is InChI=1S/C11H12O4/c1-9(12)11(13)15-8-7-14-10-5-3-2-4-6-10/h2-6H,7-8H2,1H3. The molecule has 1 aromatic carbocycles. The Hall–Kier alpha value is -1.84. The lowest BCUT2D eigenvalue weighted by Gasteiger charge is -2.05. The van der Waals surface area contributed by atoms with Crippen LogP contribution in [0.4, 0.5) is 0 Å². The van der Waals surface area contributed by atoms with Crippen LogP contribution in [-0.4, -0.2) is 25.0 Å². The number of para-hydroxylation sites is 1. The molecule has 4 heteroatoms. The summed E-state index contributed by atoms with van der Waals surface area (Å²) in [5, 5.41) is 0. The summed E-state index contributed by atoms with van der Waals surface area (Å²) >= 11 is 0. The molecule has 0 heterocycles. The van der Waals surface area contributed by atoms with E-state index in [9.17, 15) is 9.59 Å². The second-order valence-corrected chi connectivity index (χ2v) is 2.85. The third kappa shape index (κ3) is 4.26. The molecule has 1 rings (SSSR count). The molecule has 0 aliphatic carbocycles. The minimum atomic E-state index is -0.827. The highest BCUT2D eigenvalue weighted by Gasteiger charge is 2.07. The molecule has 0 amide bonds. The molecule has 15 heavy (non-hydrogen) atoms. The SMILES string of the molecule is CC(=O)C(=O)OCCOc1ccccc1. The molecule has 0 saturated carbocycles. The maximum atomic E-state index is 10.7. The Balaban J connectivity index is 2.18. The minimum absolute atomic E-state index is 0.0767. The predicted octanol–water partition coefficient (Wildman–Crippen LogP) is 1.20. The average Bonchev–Trinajstić information content (AvgIpc) is 2.25. The van der Waals surface area contributed by atoms with Crippen LogP contribution in [0.1, 0.15) is 6.92 Å². The van der Waals surface area contributed by atoms with Crippen LogP contribution >= 0.6 is 0 Å². The first kappa shape index (κ1) is 11.2. The second kappa shape index (κ2) is 5.80. The number of carbonyl (C=O) groups is 2. The molecular weight excluding hydrogens is 196 g/mol. The summed E-state index contributed by atoms with van der Waals surface area (Å²) in [4.78, 5) is 21.2. The lowest BCUT2D eigenvalue weighted by molar-refractivity contribution is -0.153. The van der Waals surface area contributed by atoms with Crippen LogP contribution in [0, 0.1) is 0 Å². The number of hydrogen-bond acceptors (Lipinski definition) is 4. The Morgan fingerprint density at radius 1 is 1.13 bits per heavy atom. The van der Waals surface area contributed by atoms with E-state index < -0.39 is 11.8 Å². The molecule has 0 atom stereocenters. The van der Waals surface area contributed by atoms with E-state index >= 15 is 0 Å². The van der Waals surface area contributed by atoms with Crippen molar-refractivity contribution in [3.63, 3.8) is 0 Å². The van der Waals surface area contributed by atoms with Crippen molar-refractivity contribution in [3.8, 4) is 5.75 Å². The molecule has 0 saturated heterocycles. The summed E-state index contributed by atoms with van der Waals surface area (Å²) in [7, 11) is 0. The molecule has 0 unspecified atom stereocenters. The fraction of sp³-hybridized carbons (Fsp3) is 0.273. The monoisotopic (exact) mass is 208 g/mol. The van der Waals surface area contributed by atoms with Gasteiger partial charge in [-0.3, -0.25) is 4.79 Å². The second-order valence-electron chi connectivity index (χ2n) is 2.85. The van der Waals surface area contributed by atoms with E-state index in [-0.39, 0.29) is 13.2 Å². The van der Waals surface area contributed by atoms with Gasteiger partial charge in [-0.25, -0.2) is 4.79 Å². The van der Waals surface area contributed by atoms with Gasteiger partial charge in [0.25, 0.3) is 0 Å². The first-order valence-electron chi connectivity index (χ1n) is 4.55. The van der Waals surface area contributed by atoms with E-state index in [0.717, 1.165) is 0 Å². The van der Waals surface area contributed by atoms with Crippen LogP contribution in [0.5, 0.6) is 5.75 Å². The van der Waals surface area contributed by atoms with E-state index in [1.54, 1.807) is 12.1 Å². The highest BCUT2D eigenvalue weighted by Crippen LogP contribution is 2.07. The number of hydrogen-bond donors (Lipinski definition) is 0. The topological polar surface area (TPSA) is 52.6 Å². The Kier molecular flexibility index (Phi) is 4.34. The van der Waals surface area contributed by atoms with E-state index in [2.05, 4.69) is 4.74 Å². The molecule has 0 radical (unpaired) electrons. The first-order valence-corrected chi connectivity index (χ1v) is 4.55. The lowest BCUT2D eigenvalue weighted by Crippen LogP contribution is -2.17. The minimum Gasteiger partial charge on any atom is -0.490 e. The number of benzene rings is 1. The van der Waals surface area contributed by atoms with Crippen LogP contribution in [0.15, 0.2) is 30.3 Å². The molecule has 0 spiro atoms. The van der Waals surface area contributed by atoms with Gasteiger partial charge in [0.05, 0.1) is 0 Å². The van der Waals surface area contributed by atoms with Crippen molar-refractivity contribution in [3.05, 3.63) is 30.3 Å². The zero-order valence-electron chi connectivity index (χ0n) is 8.43. The summed E-state index contributed by atoms with van der Waals surface area (Å²) in [6.07, 6.45) is 0. The normalized spacial score (nSPS) is 9.40. The zero-order chi connectivity index (χ0) is 11.1. The molecule has 0 bridgehead atoms. The fourth-order valence-electron chi connectivity index (χ4n) is 0.912. The molecule has 0 fully saturated rings. The van der Waals surface area contributed by atoms with Crippen molar-refractivity contribution < 1.29 is 19.1 Å². The summed E-state index contributed by atoms with van der Waals surface area (Å²) in [6.45, 7) is 1.48. The first-order chi connectivity index (χ1) is 7.20. The van der Waals surface area contributed by atoms with Crippen molar-refractivity contribution in [1.29, 1.82) is 0 Å². The maximum Gasteiger partial charge on any atom is 0.374 e. The van der Waals surface area contributed by atoms with Gasteiger partial charge >= 0.3 is 5.97 Å². The molecule has 4 nitrogen and oxygen atoms in total. The number of ether oxygens (including phenoxy) is 2. The van der Waals surface area contributed by atoms with E-state index in [1.807, 2.05) is 18.2 Å². The molecular formula is C11H12O4. The van der Waals surface area contributed by atoms with Gasteiger partial charge in [0.15, 0.2) is 0 Å². The Morgan fingerprint density at radius 3 is 2.40 bits per heavy atom. The van der Waals surface area contributed by atoms with Gasteiger partial charge in [-0.05, 0) is 12.1 Å². The molecule has 0 aliphatic heterocycles. The van der Waals surface area contributed by atoms with Gasteiger partial charge in [0, 0.05) is 6.92 Å². The summed E-state index contributed by atoms with van der Waals surface area (Å²) in [5.74, 6) is -0.724. The van der Waals surface area contributed by atoms with Gasteiger partial charge in [-0.15, -0.1) is 0 Å². The van der Waals surface area contributed by atoms with Gasteiger partial charge in [-0.1, -0.05) is 18.2 Å². The van der Waals surface area contributed by atoms with Crippen LogP contribution in [0.3, 0.4) is 0 Å². The van der Waals surface area contributed by atoms with Crippen LogP contribution in [0.25, 0.3) is 0 Å². The van der Waals surface area contributed by atoms with Crippen LogP contribution in [0.2, 0.25) is 0 Å². The number of Topliss-reactive ketones (excluding diaryl/α,β-unsaturated/α-hetero) is 1. The third-order valence-corrected chi connectivity index (χ3v) is 1.62. The quantitative estimate of drug-likeness (QED) is 0.414. The molecule has 0 aromatic heterocycles. The summed E-state index contributed by atoms with van der Waals surface area (Å²) in [5.41, 5.74) is 0. The van der Waals surface area contributed by atoms with Crippen LogP contribution in [-0.2, 0) is 14.3 Å². The van der Waals surface area contributed by atoms with Crippen LogP contribution < -0.4 is 4.74 Å². The van der Waals surface area contributed by atoms with Gasteiger partial charge in [0.2, 0.25) is 5.78 Å². The van der Waals surface area contributed by atoms with Crippen molar-refractivity contribution in [1.82, 2.24) is 0 Å². The number of carbonyl (C=O) groups excluding carboxylic acids is 2. The zero-order valence-corrected chi connectivity index (χ0v) is 8.43. The van der Waals surface area contributed by atoms with E-state index in [1.165, 1.54) is 6.92 Å². The molecule has 80 valence electrons. The third-order valence-electron chi connectivity index (χ3n) is 1.62. The largest absolute Gasteiger partial charge is 0.490 e. The highest BCUT2D eigenvalue weighted by molar-refractivity contribution is 6.32. The van der Waals surface area contributed by atoms with Gasteiger partial charge in [0.1, 0.15) is 19.0 Å². The van der Waals surface area contributed by atoms with Crippen molar-refractivity contribution in [2.45, 2.75) is 6.92 Å². The smallest absolute Gasteiger partial charge is 0.374 e. The fourth-order valence-corrected chi connectivity index (χ4v) is 0.912. The van der Waals surface area contributed by atoms with Gasteiger partial charge < -0.3 is 9.47 Å². The van der Waals surface area contributed by atoms with Crippen molar-refractivity contribution in [2.75, 3.05) is 13.2 Å². The van der Waals surface area contributed by atoms with Gasteiger partial charge in [-0.2, -0.15) is 0 Å². The Morgan fingerprint density at radius 2 is 1.80 bits per heavy atom. The Bertz CT molecular complexity index is 332. The summed E-state index contributed by atoms with van der Waals surface area (Å²) < 4.78 is 9.86. The highest BCUT2D eigenvalue weighted by atomic mass is 16.6. The average molecular weight is 208 g/mol. The number of esters is 1. The van der Waals surface area contributed by atoms with E-state index in [4.69, 9.17) is 4.74 Å². The number of rotatable bonds is 5. The molecule has 0 aliphatic rings. The van der Waals surface area contributed by atoms with Crippen molar-refractivity contribution in [2.24, 2.45) is 0 Å². The maximum absolute atomic E-state index is 10.7. The molecule has 0 N–H and O–H groups in total. The lowest BCUT2D eigenvalue weighted by atomic mass is 10.3. The predicted molar refractivity (Wildman–Crippen MR) is 53.6 cm³/mol. The number of ketones is 1. The van der Waals surface area contributed by atoms with E-state index in [0.29, 0.717) is 5.75 Å². The Labute approximate surface area is 87.8 Å². The molecule has 1 aromatic rings. The summed E-state index contributed by atoms with van der Waals surface area (Å²) in [6, 6.07) is 9.16. The van der Waals surface area contributed by atoms with Crippen molar-refractivity contribution >= 4 is 11.8 Å².